The topological polar surface area (TPSA) is 42.0 Å². The molecule has 1 heterocycles. The molecular weight excluding hydrogens is 371 g/mol. The third-order valence-electron chi connectivity index (χ3n) is 3.62. The van der Waals surface area contributed by atoms with Crippen LogP contribution in [-0.4, -0.2) is 10.9 Å². The van der Waals surface area contributed by atoms with Crippen LogP contribution in [-0.2, 0) is 0 Å². The molecule has 1 unspecified atom stereocenters. The minimum atomic E-state index is -0.566. The highest BCUT2D eigenvalue weighted by Crippen LogP contribution is 2.23. The van der Waals surface area contributed by atoms with Gasteiger partial charge in [-0.05, 0) is 41.5 Å². The summed E-state index contributed by atoms with van der Waals surface area (Å²) in [6.45, 7) is 0. The van der Waals surface area contributed by atoms with Gasteiger partial charge in [-0.3, -0.25) is 9.78 Å². The third-order valence-corrected chi connectivity index (χ3v) is 4.12. The molecule has 0 saturated heterocycles. The molecule has 3 rings (SSSR count). The molecule has 1 aromatic heterocycles. The van der Waals surface area contributed by atoms with E-state index in [0.717, 1.165) is 11.1 Å². The van der Waals surface area contributed by atoms with Crippen molar-refractivity contribution in [3.05, 3.63) is 100 Å². The van der Waals surface area contributed by atoms with Crippen LogP contribution in [0.2, 0.25) is 0 Å². The van der Waals surface area contributed by atoms with Crippen molar-refractivity contribution in [2.75, 3.05) is 0 Å². The van der Waals surface area contributed by atoms with Gasteiger partial charge >= 0.3 is 0 Å². The molecule has 1 N–H and O–H groups in total. The summed E-state index contributed by atoms with van der Waals surface area (Å²) in [6.07, 6.45) is 3.33. The Morgan fingerprint density at radius 3 is 2.33 bits per heavy atom. The molecule has 1 atom stereocenters. The van der Waals surface area contributed by atoms with Crippen molar-refractivity contribution in [1.29, 1.82) is 0 Å². The van der Waals surface area contributed by atoms with Gasteiger partial charge in [0.15, 0.2) is 0 Å². The summed E-state index contributed by atoms with van der Waals surface area (Å²) >= 11 is 3.19. The number of rotatable bonds is 4. The number of pyridine rings is 1. The van der Waals surface area contributed by atoms with E-state index in [2.05, 4.69) is 26.2 Å². The quantitative estimate of drug-likeness (QED) is 0.719. The second-order valence-corrected chi connectivity index (χ2v) is 6.14. The van der Waals surface area contributed by atoms with Gasteiger partial charge in [0.2, 0.25) is 0 Å². The van der Waals surface area contributed by atoms with E-state index in [4.69, 9.17) is 0 Å². The maximum Gasteiger partial charge on any atom is 0.255 e. The summed E-state index contributed by atoms with van der Waals surface area (Å²) in [5.74, 6) is -1.03. The number of carbonyl (C=O) groups is 1. The van der Waals surface area contributed by atoms with E-state index in [1.54, 1.807) is 18.5 Å². The first kappa shape index (κ1) is 16.3. The van der Waals surface area contributed by atoms with Crippen LogP contribution in [0.5, 0.6) is 0 Å². The van der Waals surface area contributed by atoms with Crippen molar-refractivity contribution in [1.82, 2.24) is 10.3 Å². The van der Waals surface area contributed by atoms with Crippen molar-refractivity contribution in [2.45, 2.75) is 6.04 Å². The van der Waals surface area contributed by atoms with Gasteiger partial charge in [-0.25, -0.2) is 4.39 Å². The Morgan fingerprint density at radius 2 is 1.67 bits per heavy atom. The Morgan fingerprint density at radius 1 is 1.00 bits per heavy atom. The second kappa shape index (κ2) is 7.36. The van der Waals surface area contributed by atoms with E-state index >= 15 is 0 Å². The molecule has 0 spiro atoms. The van der Waals surface area contributed by atoms with Gasteiger partial charge < -0.3 is 5.32 Å². The largest absolute Gasteiger partial charge is 0.341 e. The third kappa shape index (κ3) is 3.68. The van der Waals surface area contributed by atoms with Crippen LogP contribution < -0.4 is 5.32 Å². The van der Waals surface area contributed by atoms with E-state index in [9.17, 15) is 9.18 Å². The number of nitrogens with zero attached hydrogens (tertiary/aromatic N) is 1. The molecule has 0 radical (unpaired) electrons. The number of hydrogen-bond acceptors (Lipinski definition) is 2. The van der Waals surface area contributed by atoms with Crippen molar-refractivity contribution >= 4 is 21.8 Å². The Balaban J connectivity index is 1.94. The molecule has 3 aromatic rings. The molecular formula is C19H14BrFN2O. The van der Waals surface area contributed by atoms with E-state index in [-0.39, 0.29) is 11.6 Å². The molecule has 0 aliphatic carbocycles. The number of nitrogens with one attached hydrogen (secondary N) is 1. The monoisotopic (exact) mass is 384 g/mol. The number of halogens is 2. The number of hydrogen-bond donors (Lipinski definition) is 1. The molecule has 24 heavy (non-hydrogen) atoms. The lowest BCUT2D eigenvalue weighted by Crippen LogP contribution is -2.30. The van der Waals surface area contributed by atoms with Gasteiger partial charge in [0, 0.05) is 16.9 Å². The lowest BCUT2D eigenvalue weighted by Gasteiger charge is -2.20. The van der Waals surface area contributed by atoms with Gasteiger partial charge in [-0.2, -0.15) is 0 Å². The standard InChI is InChI=1S/C19H14BrFN2O/c20-15-6-7-16(17(21)12-15)19(24)23-18(13-4-2-1-3-5-13)14-8-10-22-11-9-14/h1-12,18H,(H,23,24). The predicted molar refractivity (Wildman–Crippen MR) is 94.1 cm³/mol. The smallest absolute Gasteiger partial charge is 0.255 e. The van der Waals surface area contributed by atoms with E-state index in [0.29, 0.717) is 4.47 Å². The molecule has 2 aromatic carbocycles. The minimum Gasteiger partial charge on any atom is -0.341 e. The summed E-state index contributed by atoms with van der Waals surface area (Å²) < 4.78 is 14.6. The Bertz CT molecular complexity index is 801. The molecule has 0 fully saturated rings. The van der Waals surface area contributed by atoms with Gasteiger partial charge in [0.25, 0.3) is 5.91 Å². The molecule has 0 aliphatic heterocycles. The fourth-order valence-corrected chi connectivity index (χ4v) is 2.78. The maximum absolute atomic E-state index is 14.1. The first-order valence-electron chi connectivity index (χ1n) is 7.36. The summed E-state index contributed by atoms with van der Waals surface area (Å²) in [4.78, 5) is 16.6. The van der Waals surface area contributed by atoms with Gasteiger partial charge in [-0.15, -0.1) is 0 Å². The van der Waals surface area contributed by atoms with Crippen LogP contribution in [0.1, 0.15) is 27.5 Å². The fraction of sp³-hybridized carbons (Fsp3) is 0.0526. The van der Waals surface area contributed by atoms with Crippen LogP contribution >= 0.6 is 15.9 Å². The highest BCUT2D eigenvalue weighted by molar-refractivity contribution is 9.10. The van der Waals surface area contributed by atoms with E-state index in [1.165, 1.54) is 12.1 Å². The van der Waals surface area contributed by atoms with Crippen LogP contribution in [0.25, 0.3) is 0 Å². The SMILES string of the molecule is O=C(NC(c1ccccc1)c1ccncc1)c1ccc(Br)cc1F. The normalized spacial score (nSPS) is 11.8. The van der Waals surface area contributed by atoms with Gasteiger partial charge in [0.05, 0.1) is 11.6 Å². The first-order chi connectivity index (χ1) is 11.6. The van der Waals surface area contributed by atoms with Crippen LogP contribution in [0.15, 0.2) is 77.5 Å². The molecule has 1 amide bonds. The number of aromatic nitrogens is 1. The summed E-state index contributed by atoms with van der Waals surface area (Å²) in [6, 6.07) is 17.2. The van der Waals surface area contributed by atoms with Crippen molar-refractivity contribution in [2.24, 2.45) is 0 Å². The number of carbonyl (C=O) groups excluding carboxylic acids is 1. The summed E-state index contributed by atoms with van der Waals surface area (Å²) in [7, 11) is 0. The van der Waals surface area contributed by atoms with Crippen molar-refractivity contribution in [3.63, 3.8) is 0 Å². The average Bonchev–Trinajstić information content (AvgIpc) is 2.61. The zero-order valence-corrected chi connectivity index (χ0v) is 14.2. The molecule has 0 bridgehead atoms. The molecule has 3 nitrogen and oxygen atoms in total. The zero-order chi connectivity index (χ0) is 16.9. The van der Waals surface area contributed by atoms with Crippen LogP contribution in [0.4, 0.5) is 4.39 Å². The first-order valence-corrected chi connectivity index (χ1v) is 8.15. The van der Waals surface area contributed by atoms with Gasteiger partial charge in [-0.1, -0.05) is 46.3 Å². The van der Waals surface area contributed by atoms with E-state index < -0.39 is 11.7 Å². The second-order valence-electron chi connectivity index (χ2n) is 5.22. The molecule has 5 heteroatoms. The molecule has 120 valence electrons. The predicted octanol–water partition coefficient (Wildman–Crippen LogP) is 4.50. The molecule has 0 saturated carbocycles. The number of amides is 1. The Labute approximate surface area is 147 Å². The fourth-order valence-electron chi connectivity index (χ4n) is 2.44. The highest BCUT2D eigenvalue weighted by Gasteiger charge is 2.19. The lowest BCUT2D eigenvalue weighted by molar-refractivity contribution is 0.0939. The maximum atomic E-state index is 14.1. The summed E-state index contributed by atoms with van der Waals surface area (Å²) in [5.41, 5.74) is 1.80. The summed E-state index contributed by atoms with van der Waals surface area (Å²) in [5, 5.41) is 2.90. The minimum absolute atomic E-state index is 0.00758. The average molecular weight is 385 g/mol. The van der Waals surface area contributed by atoms with Gasteiger partial charge in [0.1, 0.15) is 5.82 Å². The van der Waals surface area contributed by atoms with E-state index in [1.807, 2.05) is 42.5 Å². The molecule has 0 aliphatic rings. The highest BCUT2D eigenvalue weighted by atomic mass is 79.9. The zero-order valence-electron chi connectivity index (χ0n) is 12.6. The van der Waals surface area contributed by atoms with Crippen LogP contribution in [0.3, 0.4) is 0 Å². The lowest BCUT2D eigenvalue weighted by atomic mass is 9.99. The van der Waals surface area contributed by atoms with Crippen molar-refractivity contribution < 1.29 is 9.18 Å². The number of benzene rings is 2. The van der Waals surface area contributed by atoms with Crippen molar-refractivity contribution in [3.8, 4) is 0 Å². The van der Waals surface area contributed by atoms with Crippen LogP contribution in [0, 0.1) is 5.82 Å². The Kier molecular flexibility index (Phi) is 5.01. The Hall–Kier alpha value is -2.53.